The predicted octanol–water partition coefficient (Wildman–Crippen LogP) is 15.4. The molecule has 0 bridgehead atoms. The molecule has 8 aromatic rings. The average Bonchev–Trinajstić information content (AvgIpc) is 3.80. The first-order chi connectivity index (χ1) is 28.6. The largest absolute Gasteiger partial charge is 0.455 e. The maximum atomic E-state index is 6.46. The fraction of sp³-hybridized carbons (Fsp3) is 0.0357. The second-order valence-corrected chi connectivity index (χ2v) is 14.5. The molecule has 0 radical (unpaired) electrons. The van der Waals surface area contributed by atoms with E-state index in [1.807, 2.05) is 37.3 Å². The number of nitrogens with zero attached hydrogens (tertiary/aromatic N) is 1. The fourth-order valence-electron chi connectivity index (χ4n) is 8.90. The molecule has 58 heavy (non-hydrogen) atoms. The first kappa shape index (κ1) is 36.2. The van der Waals surface area contributed by atoms with E-state index in [1.54, 1.807) is 6.08 Å². The van der Waals surface area contributed by atoms with E-state index in [1.165, 1.54) is 33.4 Å². The molecule has 0 amide bonds. The van der Waals surface area contributed by atoms with Crippen LogP contribution in [0.5, 0.6) is 0 Å². The summed E-state index contributed by atoms with van der Waals surface area (Å²) in [5.41, 5.74) is 16.3. The molecule has 0 spiro atoms. The Morgan fingerprint density at radius 2 is 1.19 bits per heavy atom. The van der Waals surface area contributed by atoms with Crippen molar-refractivity contribution < 1.29 is 4.42 Å². The molecule has 0 saturated heterocycles. The summed E-state index contributed by atoms with van der Waals surface area (Å²) in [6, 6.07) is 61.6. The van der Waals surface area contributed by atoms with Gasteiger partial charge >= 0.3 is 0 Å². The highest BCUT2D eigenvalue weighted by molar-refractivity contribution is 6.00. The summed E-state index contributed by atoms with van der Waals surface area (Å²) in [7, 11) is 0. The molecule has 1 aliphatic rings. The molecule has 0 N–H and O–H groups in total. The van der Waals surface area contributed by atoms with Crippen molar-refractivity contribution in [2.45, 2.75) is 12.3 Å². The van der Waals surface area contributed by atoms with Crippen LogP contribution in [0.1, 0.15) is 46.1 Å². The molecule has 2 heteroatoms. The zero-order valence-electron chi connectivity index (χ0n) is 32.6. The van der Waals surface area contributed by atoms with E-state index < -0.39 is 5.41 Å². The minimum atomic E-state index is -0.467. The molecular formula is C56H43NO. The SMILES string of the molecule is C=C/C=C(\C=C)c1ccc(N(c2ccc(-c3cccc4c(C=C)c(/C=C\C)oc34)cc2)c2ccc3c(c2)-c2ccccc2C3(c2ccccc2)c2ccccc2)cc1. The number of allylic oxidation sites excluding steroid dienone is 5. The van der Waals surface area contributed by atoms with Crippen LogP contribution in [0.4, 0.5) is 17.1 Å². The Morgan fingerprint density at radius 3 is 1.83 bits per heavy atom. The fourth-order valence-corrected chi connectivity index (χ4v) is 8.90. The maximum absolute atomic E-state index is 6.46. The van der Waals surface area contributed by atoms with Crippen molar-refractivity contribution in [2.24, 2.45) is 0 Å². The molecule has 278 valence electrons. The first-order valence-corrected chi connectivity index (χ1v) is 19.7. The second-order valence-electron chi connectivity index (χ2n) is 14.5. The number of fused-ring (bicyclic) bond motifs is 4. The summed E-state index contributed by atoms with van der Waals surface area (Å²) in [5.74, 6) is 0.815. The van der Waals surface area contributed by atoms with E-state index in [0.717, 1.165) is 61.6 Å². The molecule has 0 saturated carbocycles. The van der Waals surface area contributed by atoms with Crippen LogP contribution in [0, 0.1) is 0 Å². The van der Waals surface area contributed by atoms with Crippen molar-refractivity contribution in [3.05, 3.63) is 253 Å². The standard InChI is InChI=1S/C56H43NO/c1-5-18-39(7-3)40-28-32-44(33-29-40)57(45-34-30-41(31-35-45)48-25-17-26-50-47(8-4)54(19-6-2)58-55(48)50)46-36-37-53-51(38-46)49-24-15-16-27-52(49)56(53,42-20-11-9-12-21-42)43-22-13-10-14-23-43/h5-38H,1,3-4H2,2H3/b19-6-,39-18+. The van der Waals surface area contributed by atoms with Crippen LogP contribution in [-0.2, 0) is 5.41 Å². The molecule has 0 unspecified atom stereocenters. The highest BCUT2D eigenvalue weighted by Crippen LogP contribution is 2.57. The van der Waals surface area contributed by atoms with E-state index >= 15 is 0 Å². The molecular weight excluding hydrogens is 703 g/mol. The molecule has 9 rings (SSSR count). The van der Waals surface area contributed by atoms with Gasteiger partial charge in [-0.1, -0.05) is 184 Å². The normalized spacial score (nSPS) is 12.9. The van der Waals surface area contributed by atoms with Crippen LogP contribution < -0.4 is 4.90 Å². The van der Waals surface area contributed by atoms with Crippen molar-refractivity contribution in [2.75, 3.05) is 4.90 Å². The van der Waals surface area contributed by atoms with Gasteiger partial charge in [0.2, 0.25) is 0 Å². The van der Waals surface area contributed by atoms with Crippen LogP contribution in [0.15, 0.2) is 218 Å². The molecule has 1 aliphatic carbocycles. The van der Waals surface area contributed by atoms with Crippen LogP contribution in [-0.4, -0.2) is 0 Å². The summed E-state index contributed by atoms with van der Waals surface area (Å²) in [6.07, 6.45) is 11.5. The summed E-state index contributed by atoms with van der Waals surface area (Å²) in [6.45, 7) is 14.0. The third-order valence-electron chi connectivity index (χ3n) is 11.4. The number of furan rings is 1. The van der Waals surface area contributed by atoms with E-state index in [0.29, 0.717) is 0 Å². The number of anilines is 3. The minimum absolute atomic E-state index is 0.467. The van der Waals surface area contributed by atoms with Crippen LogP contribution >= 0.6 is 0 Å². The predicted molar refractivity (Wildman–Crippen MR) is 247 cm³/mol. The van der Waals surface area contributed by atoms with Gasteiger partial charge in [0.05, 0.1) is 5.41 Å². The van der Waals surface area contributed by atoms with Crippen LogP contribution in [0.2, 0.25) is 0 Å². The first-order valence-electron chi connectivity index (χ1n) is 19.7. The highest BCUT2D eigenvalue weighted by Gasteiger charge is 2.46. The van der Waals surface area contributed by atoms with E-state index in [-0.39, 0.29) is 0 Å². The smallest absolute Gasteiger partial charge is 0.143 e. The molecule has 7 aromatic carbocycles. The van der Waals surface area contributed by atoms with Gasteiger partial charge in [0, 0.05) is 33.6 Å². The van der Waals surface area contributed by atoms with Gasteiger partial charge in [-0.05, 0) is 99.5 Å². The lowest BCUT2D eigenvalue weighted by atomic mass is 9.68. The minimum Gasteiger partial charge on any atom is -0.455 e. The number of hydrogen-bond donors (Lipinski definition) is 0. The lowest BCUT2D eigenvalue weighted by Crippen LogP contribution is -2.28. The van der Waals surface area contributed by atoms with E-state index in [4.69, 9.17) is 4.42 Å². The van der Waals surface area contributed by atoms with Crippen LogP contribution in [0.25, 0.3) is 50.9 Å². The Bertz CT molecular complexity index is 2830. The lowest BCUT2D eigenvalue weighted by Gasteiger charge is -2.34. The van der Waals surface area contributed by atoms with Gasteiger partial charge < -0.3 is 9.32 Å². The molecule has 2 nitrogen and oxygen atoms in total. The Hall–Kier alpha value is -7.42. The number of benzene rings is 7. The van der Waals surface area contributed by atoms with E-state index in [2.05, 4.69) is 194 Å². The van der Waals surface area contributed by atoms with Gasteiger partial charge in [0.25, 0.3) is 0 Å². The van der Waals surface area contributed by atoms with Crippen molar-refractivity contribution in [1.82, 2.24) is 0 Å². The van der Waals surface area contributed by atoms with Gasteiger partial charge in [-0.3, -0.25) is 0 Å². The third kappa shape index (κ3) is 5.90. The Morgan fingerprint density at radius 1 is 0.586 bits per heavy atom. The number of hydrogen-bond acceptors (Lipinski definition) is 2. The summed E-state index contributed by atoms with van der Waals surface area (Å²) in [5, 5.41) is 1.05. The van der Waals surface area contributed by atoms with Gasteiger partial charge in [0.1, 0.15) is 11.3 Å². The summed E-state index contributed by atoms with van der Waals surface area (Å²) < 4.78 is 6.46. The van der Waals surface area contributed by atoms with Crippen LogP contribution in [0.3, 0.4) is 0 Å². The maximum Gasteiger partial charge on any atom is 0.143 e. The zero-order valence-corrected chi connectivity index (χ0v) is 32.6. The molecule has 0 aliphatic heterocycles. The second kappa shape index (κ2) is 15.3. The van der Waals surface area contributed by atoms with Crippen molar-refractivity contribution in [3.63, 3.8) is 0 Å². The Balaban J connectivity index is 1.22. The van der Waals surface area contributed by atoms with Crippen molar-refractivity contribution >= 4 is 45.8 Å². The monoisotopic (exact) mass is 745 g/mol. The molecule has 0 fully saturated rings. The Labute approximate surface area is 341 Å². The van der Waals surface area contributed by atoms with Gasteiger partial charge in [0.15, 0.2) is 0 Å². The average molecular weight is 746 g/mol. The third-order valence-corrected chi connectivity index (χ3v) is 11.4. The van der Waals surface area contributed by atoms with Gasteiger partial charge in [-0.2, -0.15) is 0 Å². The molecule has 0 atom stereocenters. The molecule has 1 heterocycles. The number of rotatable bonds is 11. The van der Waals surface area contributed by atoms with Crippen molar-refractivity contribution in [3.8, 4) is 22.3 Å². The summed E-state index contributed by atoms with van der Waals surface area (Å²) in [4.78, 5) is 2.35. The summed E-state index contributed by atoms with van der Waals surface area (Å²) >= 11 is 0. The number of para-hydroxylation sites is 1. The Kier molecular flexibility index (Phi) is 9.53. The quantitative estimate of drug-likeness (QED) is 0.123. The van der Waals surface area contributed by atoms with Gasteiger partial charge in [-0.15, -0.1) is 0 Å². The highest BCUT2D eigenvalue weighted by atomic mass is 16.3. The molecule has 1 aromatic heterocycles. The van der Waals surface area contributed by atoms with Crippen molar-refractivity contribution in [1.29, 1.82) is 0 Å². The lowest BCUT2D eigenvalue weighted by molar-refractivity contribution is 0.604. The van der Waals surface area contributed by atoms with E-state index in [9.17, 15) is 0 Å². The van der Waals surface area contributed by atoms with Gasteiger partial charge in [-0.25, -0.2) is 0 Å². The zero-order chi connectivity index (χ0) is 39.6. The topological polar surface area (TPSA) is 16.4 Å².